The van der Waals surface area contributed by atoms with Crippen LogP contribution in [0.4, 0.5) is 5.95 Å². The normalized spacial score (nSPS) is 13.5. The van der Waals surface area contributed by atoms with Crippen LogP contribution in [0.1, 0.15) is 16.8 Å². The Bertz CT molecular complexity index is 519. The summed E-state index contributed by atoms with van der Waals surface area (Å²) in [5.41, 5.74) is 9.13. The lowest BCUT2D eigenvalue weighted by molar-refractivity contribution is 0.357. The number of nitrogens with zero attached hydrogens (tertiary/aromatic N) is 1. The number of ether oxygens (including phenoxy) is 1. The van der Waals surface area contributed by atoms with Gasteiger partial charge in [-0.25, -0.2) is 4.98 Å². The second kappa shape index (κ2) is 3.56. The van der Waals surface area contributed by atoms with Crippen molar-refractivity contribution in [1.29, 1.82) is 0 Å². The van der Waals surface area contributed by atoms with E-state index in [0.717, 1.165) is 30.9 Å². The van der Waals surface area contributed by atoms with Gasteiger partial charge in [0.05, 0.1) is 12.8 Å². The molecule has 3 N–H and O–H groups in total. The molecule has 0 spiro atoms. The first-order valence-electron chi connectivity index (χ1n) is 5.35. The third-order valence-corrected chi connectivity index (χ3v) is 2.80. The van der Waals surface area contributed by atoms with Crippen molar-refractivity contribution in [3.05, 3.63) is 41.2 Å². The van der Waals surface area contributed by atoms with Gasteiger partial charge in [0.2, 0.25) is 0 Å². The monoisotopic (exact) mass is 215 g/mol. The van der Waals surface area contributed by atoms with Crippen LogP contribution < -0.4 is 10.5 Å². The van der Waals surface area contributed by atoms with E-state index in [1.54, 1.807) is 6.20 Å². The van der Waals surface area contributed by atoms with Crippen LogP contribution in [-0.4, -0.2) is 16.6 Å². The van der Waals surface area contributed by atoms with E-state index < -0.39 is 0 Å². The van der Waals surface area contributed by atoms with E-state index in [9.17, 15) is 0 Å². The molecular formula is C12H13N3O. The summed E-state index contributed by atoms with van der Waals surface area (Å²) in [7, 11) is 0. The van der Waals surface area contributed by atoms with Gasteiger partial charge in [-0.15, -0.1) is 0 Å². The zero-order valence-electron chi connectivity index (χ0n) is 8.86. The number of rotatable bonds is 2. The van der Waals surface area contributed by atoms with Crippen molar-refractivity contribution in [1.82, 2.24) is 9.97 Å². The van der Waals surface area contributed by atoms with E-state index in [2.05, 4.69) is 22.1 Å². The number of aromatic nitrogens is 2. The summed E-state index contributed by atoms with van der Waals surface area (Å²) in [6.45, 7) is 0.801. The predicted octanol–water partition coefficient (Wildman–Crippen LogP) is 1.52. The molecule has 0 unspecified atom stereocenters. The predicted molar refractivity (Wildman–Crippen MR) is 61.4 cm³/mol. The molecule has 2 heterocycles. The maximum Gasteiger partial charge on any atom is 0.197 e. The molecule has 82 valence electrons. The van der Waals surface area contributed by atoms with E-state index in [4.69, 9.17) is 10.5 Å². The van der Waals surface area contributed by atoms with Crippen molar-refractivity contribution in [2.75, 3.05) is 12.3 Å². The Morgan fingerprint density at radius 2 is 2.38 bits per heavy atom. The quantitative estimate of drug-likeness (QED) is 0.798. The highest BCUT2D eigenvalue weighted by Crippen LogP contribution is 2.26. The Morgan fingerprint density at radius 1 is 1.44 bits per heavy atom. The zero-order valence-corrected chi connectivity index (χ0v) is 8.86. The number of anilines is 1. The SMILES string of the molecule is Nc1ncc(Cc2ccc3c(c2)CCO3)[nH]1. The van der Waals surface area contributed by atoms with Gasteiger partial charge >= 0.3 is 0 Å². The van der Waals surface area contributed by atoms with Crippen molar-refractivity contribution in [2.45, 2.75) is 12.8 Å². The third kappa shape index (κ3) is 1.62. The number of aromatic amines is 1. The highest BCUT2D eigenvalue weighted by atomic mass is 16.5. The summed E-state index contributed by atoms with van der Waals surface area (Å²) < 4.78 is 5.47. The van der Waals surface area contributed by atoms with Crippen LogP contribution in [0.2, 0.25) is 0 Å². The lowest BCUT2D eigenvalue weighted by Crippen LogP contribution is -1.91. The van der Waals surface area contributed by atoms with Gasteiger partial charge in [0, 0.05) is 18.5 Å². The van der Waals surface area contributed by atoms with Crippen LogP contribution in [0.5, 0.6) is 5.75 Å². The van der Waals surface area contributed by atoms with E-state index in [1.807, 2.05) is 6.07 Å². The molecule has 4 heteroatoms. The van der Waals surface area contributed by atoms with Crippen LogP contribution in [0.15, 0.2) is 24.4 Å². The molecule has 4 nitrogen and oxygen atoms in total. The fourth-order valence-electron chi connectivity index (χ4n) is 2.04. The number of hydrogen-bond donors (Lipinski definition) is 2. The average molecular weight is 215 g/mol. The maximum absolute atomic E-state index is 5.54. The second-order valence-corrected chi connectivity index (χ2v) is 4.01. The van der Waals surface area contributed by atoms with E-state index >= 15 is 0 Å². The smallest absolute Gasteiger partial charge is 0.197 e. The molecule has 1 aliphatic heterocycles. The number of nitrogen functional groups attached to an aromatic ring is 1. The fraction of sp³-hybridized carbons (Fsp3) is 0.250. The standard InChI is InChI=1S/C12H13N3O/c13-12-14-7-10(15-12)6-8-1-2-11-9(5-8)3-4-16-11/h1-2,5,7H,3-4,6H2,(H3,13,14,15). The maximum atomic E-state index is 5.54. The minimum Gasteiger partial charge on any atom is -0.493 e. The highest BCUT2D eigenvalue weighted by Gasteiger charge is 2.12. The molecule has 0 amide bonds. The molecule has 3 rings (SSSR count). The largest absolute Gasteiger partial charge is 0.493 e. The Labute approximate surface area is 93.5 Å². The van der Waals surface area contributed by atoms with Gasteiger partial charge in [-0.1, -0.05) is 12.1 Å². The van der Waals surface area contributed by atoms with Crippen LogP contribution in [0, 0.1) is 0 Å². The minimum atomic E-state index is 0.472. The second-order valence-electron chi connectivity index (χ2n) is 4.01. The topological polar surface area (TPSA) is 63.9 Å². The van der Waals surface area contributed by atoms with Gasteiger partial charge in [-0.3, -0.25) is 0 Å². The Hall–Kier alpha value is -1.97. The summed E-state index contributed by atoms with van der Waals surface area (Å²) >= 11 is 0. The van der Waals surface area contributed by atoms with E-state index in [1.165, 1.54) is 11.1 Å². The van der Waals surface area contributed by atoms with Crippen LogP contribution >= 0.6 is 0 Å². The first-order chi connectivity index (χ1) is 7.81. The highest BCUT2D eigenvalue weighted by molar-refractivity contribution is 5.41. The van der Waals surface area contributed by atoms with Crippen molar-refractivity contribution in [2.24, 2.45) is 0 Å². The van der Waals surface area contributed by atoms with Gasteiger partial charge in [-0.05, 0) is 17.2 Å². The molecule has 0 aliphatic carbocycles. The van der Waals surface area contributed by atoms with E-state index in [0.29, 0.717) is 5.95 Å². The van der Waals surface area contributed by atoms with Crippen LogP contribution in [-0.2, 0) is 12.8 Å². The molecule has 1 aliphatic rings. The average Bonchev–Trinajstić information content (AvgIpc) is 2.87. The molecule has 0 fully saturated rings. The summed E-state index contributed by atoms with van der Waals surface area (Å²) in [4.78, 5) is 7.01. The summed E-state index contributed by atoms with van der Waals surface area (Å²) in [6, 6.07) is 6.32. The van der Waals surface area contributed by atoms with Crippen molar-refractivity contribution >= 4 is 5.95 Å². The minimum absolute atomic E-state index is 0.472. The van der Waals surface area contributed by atoms with Crippen LogP contribution in [0.25, 0.3) is 0 Å². The number of nitrogens with two attached hydrogens (primary N) is 1. The molecule has 0 bridgehead atoms. The van der Waals surface area contributed by atoms with Gasteiger partial charge < -0.3 is 15.5 Å². The molecule has 1 aromatic heterocycles. The number of H-pyrrole nitrogens is 1. The van der Waals surface area contributed by atoms with Crippen molar-refractivity contribution < 1.29 is 4.74 Å². The molecule has 0 atom stereocenters. The van der Waals surface area contributed by atoms with Gasteiger partial charge in [0.25, 0.3) is 0 Å². The van der Waals surface area contributed by atoms with Gasteiger partial charge in [0.1, 0.15) is 5.75 Å². The molecule has 16 heavy (non-hydrogen) atoms. The first-order valence-corrected chi connectivity index (χ1v) is 5.35. The molecule has 1 aromatic carbocycles. The molecular weight excluding hydrogens is 202 g/mol. The zero-order chi connectivity index (χ0) is 11.0. The summed E-state index contributed by atoms with van der Waals surface area (Å²) in [6.07, 6.45) is 3.62. The van der Waals surface area contributed by atoms with Gasteiger partial charge in [-0.2, -0.15) is 0 Å². The van der Waals surface area contributed by atoms with Crippen molar-refractivity contribution in [3.63, 3.8) is 0 Å². The Balaban J connectivity index is 1.85. The number of nitrogens with one attached hydrogen (secondary N) is 1. The van der Waals surface area contributed by atoms with Gasteiger partial charge in [0.15, 0.2) is 5.95 Å². The number of hydrogen-bond acceptors (Lipinski definition) is 3. The third-order valence-electron chi connectivity index (χ3n) is 2.80. The Kier molecular flexibility index (Phi) is 2.06. The van der Waals surface area contributed by atoms with Crippen LogP contribution in [0.3, 0.4) is 0 Å². The lowest BCUT2D eigenvalue weighted by Gasteiger charge is -2.02. The molecule has 0 saturated heterocycles. The fourth-order valence-corrected chi connectivity index (χ4v) is 2.04. The molecule has 0 saturated carbocycles. The summed E-state index contributed by atoms with van der Waals surface area (Å²) in [5.74, 6) is 1.49. The number of fused-ring (bicyclic) bond motifs is 1. The number of benzene rings is 1. The summed E-state index contributed by atoms with van der Waals surface area (Å²) in [5, 5.41) is 0. The number of imidazole rings is 1. The molecule has 0 radical (unpaired) electrons. The van der Waals surface area contributed by atoms with Crippen molar-refractivity contribution in [3.8, 4) is 5.75 Å². The first kappa shape index (κ1) is 9.27. The van der Waals surface area contributed by atoms with E-state index in [-0.39, 0.29) is 0 Å². The molecule has 2 aromatic rings. The Morgan fingerprint density at radius 3 is 3.19 bits per heavy atom. The lowest BCUT2D eigenvalue weighted by atomic mass is 10.1.